The maximum Gasteiger partial charge on any atom is 0.162 e. The van der Waals surface area contributed by atoms with Crippen LogP contribution in [0.5, 0.6) is 11.5 Å². The summed E-state index contributed by atoms with van der Waals surface area (Å²) in [6, 6.07) is 3.38. The Kier molecular flexibility index (Phi) is 3.93. The molecule has 2 aromatic rings. The lowest BCUT2D eigenvalue weighted by Crippen LogP contribution is -2.15. The highest BCUT2D eigenvalue weighted by Crippen LogP contribution is 2.36. The summed E-state index contributed by atoms with van der Waals surface area (Å²) in [5, 5.41) is 7.04. The molecular formula is C13H13ClN2O3S. The normalized spacial score (nSPS) is 15.1. The number of hydrogen-bond acceptors (Lipinski definition) is 4. The second-order valence-electron chi connectivity index (χ2n) is 4.33. The van der Waals surface area contributed by atoms with E-state index in [0.717, 1.165) is 5.56 Å². The molecule has 3 rings (SSSR count). The number of rotatable bonds is 4. The van der Waals surface area contributed by atoms with E-state index in [1.54, 1.807) is 24.5 Å². The van der Waals surface area contributed by atoms with Crippen molar-refractivity contribution in [3.63, 3.8) is 0 Å². The number of nitrogens with zero attached hydrogens (tertiary/aromatic N) is 1. The molecule has 0 aliphatic carbocycles. The number of fused-ring (bicyclic) bond motifs is 1. The van der Waals surface area contributed by atoms with Crippen molar-refractivity contribution in [2.75, 3.05) is 19.0 Å². The molecule has 5 nitrogen and oxygen atoms in total. The Balaban J connectivity index is 1.77. The Morgan fingerprint density at radius 1 is 1.30 bits per heavy atom. The molecule has 1 N–H and O–H groups in total. The minimum atomic E-state index is -1.19. The van der Waals surface area contributed by atoms with Gasteiger partial charge in [-0.25, -0.2) is 0 Å². The van der Waals surface area contributed by atoms with Crippen molar-refractivity contribution < 1.29 is 13.7 Å². The third kappa shape index (κ3) is 2.81. The number of H-pyrrole nitrogens is 1. The molecule has 20 heavy (non-hydrogen) atoms. The zero-order valence-electron chi connectivity index (χ0n) is 10.6. The van der Waals surface area contributed by atoms with Crippen LogP contribution in [0.1, 0.15) is 5.56 Å². The van der Waals surface area contributed by atoms with Crippen LogP contribution < -0.4 is 9.47 Å². The number of benzene rings is 1. The minimum absolute atomic E-state index is 0.444. The molecule has 0 spiro atoms. The van der Waals surface area contributed by atoms with Crippen molar-refractivity contribution in [1.29, 1.82) is 0 Å². The first kappa shape index (κ1) is 13.5. The largest absolute Gasteiger partial charge is 0.486 e. The van der Waals surface area contributed by atoms with E-state index in [0.29, 0.717) is 46.8 Å². The summed E-state index contributed by atoms with van der Waals surface area (Å²) in [6.45, 7) is 1.00. The summed E-state index contributed by atoms with van der Waals surface area (Å²) >= 11 is 6.17. The fraction of sp³-hybridized carbons (Fsp3) is 0.308. The number of hydrogen-bond donors (Lipinski definition) is 1. The molecule has 1 aromatic carbocycles. The van der Waals surface area contributed by atoms with Gasteiger partial charge in [-0.15, -0.1) is 0 Å². The summed E-state index contributed by atoms with van der Waals surface area (Å²) in [5.74, 6) is 1.70. The van der Waals surface area contributed by atoms with E-state index in [1.807, 2.05) is 0 Å². The van der Waals surface area contributed by atoms with Crippen LogP contribution in [0.3, 0.4) is 0 Å². The molecule has 7 heteroatoms. The van der Waals surface area contributed by atoms with Crippen molar-refractivity contribution >= 4 is 22.4 Å². The zero-order chi connectivity index (χ0) is 13.9. The monoisotopic (exact) mass is 312 g/mol. The zero-order valence-corrected chi connectivity index (χ0v) is 12.2. The van der Waals surface area contributed by atoms with E-state index in [-0.39, 0.29) is 0 Å². The maximum absolute atomic E-state index is 12.3. The summed E-state index contributed by atoms with van der Waals surface area (Å²) < 4.78 is 23.3. The van der Waals surface area contributed by atoms with Gasteiger partial charge in [0.1, 0.15) is 13.2 Å². The van der Waals surface area contributed by atoms with Gasteiger partial charge in [0.05, 0.1) is 26.9 Å². The van der Waals surface area contributed by atoms with Gasteiger partial charge in [-0.3, -0.25) is 9.31 Å². The lowest BCUT2D eigenvalue weighted by Gasteiger charge is -2.19. The molecule has 0 amide bonds. The highest BCUT2D eigenvalue weighted by Gasteiger charge is 2.18. The summed E-state index contributed by atoms with van der Waals surface area (Å²) in [4.78, 5) is 0.583. The van der Waals surface area contributed by atoms with E-state index < -0.39 is 10.8 Å². The molecule has 1 aromatic heterocycles. The standard InChI is InChI=1S/C13H13ClN2O3S/c14-10-5-11-12(19-3-2-18-11)6-13(10)20(17)4-1-9-7-15-16-8-9/h5-8H,1-4H2,(H,15,16). The number of halogens is 1. The third-order valence-electron chi connectivity index (χ3n) is 2.97. The number of aryl methyl sites for hydroxylation is 1. The van der Waals surface area contributed by atoms with Crippen molar-refractivity contribution in [1.82, 2.24) is 10.2 Å². The molecular weight excluding hydrogens is 300 g/mol. The van der Waals surface area contributed by atoms with E-state index in [9.17, 15) is 4.21 Å². The van der Waals surface area contributed by atoms with Crippen LogP contribution in [-0.4, -0.2) is 33.4 Å². The van der Waals surface area contributed by atoms with Gasteiger partial charge in [-0.2, -0.15) is 5.10 Å². The molecule has 1 aliphatic rings. The van der Waals surface area contributed by atoms with Crippen LogP contribution in [0.4, 0.5) is 0 Å². The smallest absolute Gasteiger partial charge is 0.162 e. The van der Waals surface area contributed by atoms with Gasteiger partial charge in [0, 0.05) is 24.1 Å². The molecule has 2 heterocycles. The van der Waals surface area contributed by atoms with Gasteiger partial charge in [0.15, 0.2) is 11.5 Å². The fourth-order valence-electron chi connectivity index (χ4n) is 1.95. The molecule has 106 valence electrons. The summed E-state index contributed by atoms with van der Waals surface area (Å²) in [5.41, 5.74) is 1.02. The van der Waals surface area contributed by atoms with Gasteiger partial charge in [-0.05, 0) is 12.0 Å². The average Bonchev–Trinajstić information content (AvgIpc) is 2.97. The van der Waals surface area contributed by atoms with Gasteiger partial charge >= 0.3 is 0 Å². The topological polar surface area (TPSA) is 64.2 Å². The SMILES string of the molecule is O=S(CCc1cn[nH]c1)c1cc2c(cc1Cl)OCCO2. The third-order valence-corrected chi connectivity index (χ3v) is 4.80. The van der Waals surface area contributed by atoms with Crippen LogP contribution in [0, 0.1) is 0 Å². The first-order valence-corrected chi connectivity index (χ1v) is 7.89. The predicted molar refractivity (Wildman–Crippen MR) is 76.0 cm³/mol. The predicted octanol–water partition coefficient (Wildman–Crippen LogP) is 2.18. The highest BCUT2D eigenvalue weighted by atomic mass is 35.5. The molecule has 0 radical (unpaired) electrons. The van der Waals surface area contributed by atoms with Gasteiger partial charge in [-0.1, -0.05) is 11.6 Å². The second-order valence-corrected chi connectivity index (χ2v) is 6.28. The van der Waals surface area contributed by atoms with Crippen LogP contribution in [0.15, 0.2) is 29.4 Å². The molecule has 1 atom stereocenters. The van der Waals surface area contributed by atoms with E-state index >= 15 is 0 Å². The highest BCUT2D eigenvalue weighted by molar-refractivity contribution is 7.85. The van der Waals surface area contributed by atoms with Crippen LogP contribution in [-0.2, 0) is 17.2 Å². The van der Waals surface area contributed by atoms with Crippen LogP contribution in [0.25, 0.3) is 0 Å². The molecule has 0 saturated heterocycles. The first-order valence-electron chi connectivity index (χ1n) is 6.19. The van der Waals surface area contributed by atoms with E-state index in [1.165, 1.54) is 0 Å². The molecule has 0 saturated carbocycles. The average molecular weight is 313 g/mol. The van der Waals surface area contributed by atoms with Crippen LogP contribution >= 0.6 is 11.6 Å². The maximum atomic E-state index is 12.3. The number of aromatic amines is 1. The van der Waals surface area contributed by atoms with Crippen molar-refractivity contribution in [3.05, 3.63) is 35.1 Å². The Labute approximate surface area is 123 Å². The van der Waals surface area contributed by atoms with Gasteiger partial charge < -0.3 is 9.47 Å². The Morgan fingerprint density at radius 3 is 2.75 bits per heavy atom. The minimum Gasteiger partial charge on any atom is -0.486 e. The van der Waals surface area contributed by atoms with Gasteiger partial charge in [0.25, 0.3) is 0 Å². The first-order chi connectivity index (χ1) is 9.74. The molecule has 0 fully saturated rings. The van der Waals surface area contributed by atoms with E-state index in [2.05, 4.69) is 10.2 Å². The van der Waals surface area contributed by atoms with Crippen molar-refractivity contribution in [2.24, 2.45) is 0 Å². The van der Waals surface area contributed by atoms with Crippen LogP contribution in [0.2, 0.25) is 5.02 Å². The van der Waals surface area contributed by atoms with E-state index in [4.69, 9.17) is 21.1 Å². The Bertz CT molecular complexity index is 631. The molecule has 0 bridgehead atoms. The molecule has 1 aliphatic heterocycles. The lowest BCUT2D eigenvalue weighted by molar-refractivity contribution is 0.171. The Morgan fingerprint density at radius 2 is 2.05 bits per heavy atom. The fourth-order valence-corrected chi connectivity index (χ4v) is 3.52. The lowest BCUT2D eigenvalue weighted by atomic mass is 10.3. The summed E-state index contributed by atoms with van der Waals surface area (Å²) in [6.07, 6.45) is 4.19. The van der Waals surface area contributed by atoms with Crippen molar-refractivity contribution in [2.45, 2.75) is 11.3 Å². The second kappa shape index (κ2) is 5.85. The number of nitrogens with one attached hydrogen (secondary N) is 1. The summed E-state index contributed by atoms with van der Waals surface area (Å²) in [7, 11) is -1.19. The molecule has 1 unspecified atom stereocenters. The number of aromatic nitrogens is 2. The number of ether oxygens (including phenoxy) is 2. The van der Waals surface area contributed by atoms with Crippen molar-refractivity contribution in [3.8, 4) is 11.5 Å². The van der Waals surface area contributed by atoms with Gasteiger partial charge in [0.2, 0.25) is 0 Å². The quantitative estimate of drug-likeness (QED) is 0.940. The Hall–Kier alpha value is -1.53.